The van der Waals surface area contributed by atoms with Crippen LogP contribution in [0.1, 0.15) is 20.3 Å². The molecule has 1 fully saturated rings. The second-order valence-electron chi connectivity index (χ2n) is 4.17. The molecular formula is C9H19BrN2O3S. The summed E-state index contributed by atoms with van der Waals surface area (Å²) in [5.74, 6) is 0. The van der Waals surface area contributed by atoms with Gasteiger partial charge in [0.15, 0.2) is 0 Å². The van der Waals surface area contributed by atoms with Crippen LogP contribution in [0.15, 0.2) is 0 Å². The third-order valence-electron chi connectivity index (χ3n) is 2.76. The van der Waals surface area contributed by atoms with Gasteiger partial charge in [0, 0.05) is 24.0 Å². The van der Waals surface area contributed by atoms with Crippen molar-refractivity contribution in [3.8, 4) is 0 Å². The van der Waals surface area contributed by atoms with Crippen LogP contribution in [0.2, 0.25) is 0 Å². The van der Waals surface area contributed by atoms with Gasteiger partial charge < -0.3 is 4.74 Å². The minimum absolute atomic E-state index is 0.428. The Morgan fingerprint density at radius 3 is 2.44 bits per heavy atom. The Labute approximate surface area is 106 Å². The number of hydrogen-bond donors (Lipinski definition) is 1. The van der Waals surface area contributed by atoms with Gasteiger partial charge in [0.25, 0.3) is 10.2 Å². The Kier molecular flexibility index (Phi) is 5.18. The standard InChI is InChI=1S/C9H19BrN2O3S/c1-3-9(2,8-10)11-16(13,14)12-4-6-15-7-5-12/h11H,3-8H2,1-2H3. The molecule has 5 nitrogen and oxygen atoms in total. The molecular weight excluding hydrogens is 296 g/mol. The smallest absolute Gasteiger partial charge is 0.280 e. The number of halogens is 1. The molecule has 96 valence electrons. The van der Waals surface area contributed by atoms with Gasteiger partial charge in [-0.2, -0.15) is 17.4 Å². The van der Waals surface area contributed by atoms with E-state index in [0.29, 0.717) is 31.6 Å². The number of nitrogens with one attached hydrogen (secondary N) is 1. The fourth-order valence-electron chi connectivity index (χ4n) is 1.36. The minimum Gasteiger partial charge on any atom is -0.379 e. The average Bonchev–Trinajstić information content (AvgIpc) is 2.29. The topological polar surface area (TPSA) is 58.6 Å². The van der Waals surface area contributed by atoms with E-state index in [9.17, 15) is 8.42 Å². The van der Waals surface area contributed by atoms with Crippen molar-refractivity contribution in [1.82, 2.24) is 9.03 Å². The summed E-state index contributed by atoms with van der Waals surface area (Å²) in [5.41, 5.74) is -0.433. The molecule has 1 N–H and O–H groups in total. The maximum absolute atomic E-state index is 12.1. The first-order valence-electron chi connectivity index (χ1n) is 5.36. The Morgan fingerprint density at radius 1 is 1.44 bits per heavy atom. The van der Waals surface area contributed by atoms with Crippen molar-refractivity contribution in [1.29, 1.82) is 0 Å². The van der Waals surface area contributed by atoms with Crippen molar-refractivity contribution in [3.63, 3.8) is 0 Å². The molecule has 1 aliphatic rings. The number of morpholine rings is 1. The van der Waals surface area contributed by atoms with Gasteiger partial charge in [0.2, 0.25) is 0 Å². The van der Waals surface area contributed by atoms with E-state index in [4.69, 9.17) is 4.74 Å². The van der Waals surface area contributed by atoms with Crippen molar-refractivity contribution < 1.29 is 13.2 Å². The average molecular weight is 315 g/mol. The second kappa shape index (κ2) is 5.77. The van der Waals surface area contributed by atoms with Crippen LogP contribution in [0.3, 0.4) is 0 Å². The molecule has 1 aliphatic heterocycles. The van der Waals surface area contributed by atoms with Crippen LogP contribution in [0.5, 0.6) is 0 Å². The molecule has 16 heavy (non-hydrogen) atoms. The van der Waals surface area contributed by atoms with Crippen molar-refractivity contribution >= 4 is 26.1 Å². The lowest BCUT2D eigenvalue weighted by Gasteiger charge is -2.32. The van der Waals surface area contributed by atoms with E-state index >= 15 is 0 Å². The van der Waals surface area contributed by atoms with Crippen LogP contribution < -0.4 is 4.72 Å². The number of ether oxygens (including phenoxy) is 1. The number of nitrogens with zero attached hydrogens (tertiary/aromatic N) is 1. The van der Waals surface area contributed by atoms with Crippen molar-refractivity contribution in [2.45, 2.75) is 25.8 Å². The zero-order chi connectivity index (χ0) is 12.2. The third kappa shape index (κ3) is 3.66. The summed E-state index contributed by atoms with van der Waals surface area (Å²) < 4.78 is 33.4. The first kappa shape index (κ1) is 14.4. The van der Waals surface area contributed by atoms with Crippen LogP contribution in [0.4, 0.5) is 0 Å². The molecule has 0 aromatic carbocycles. The maximum Gasteiger partial charge on any atom is 0.280 e. The monoisotopic (exact) mass is 314 g/mol. The molecule has 7 heteroatoms. The zero-order valence-electron chi connectivity index (χ0n) is 9.70. The lowest BCUT2D eigenvalue weighted by atomic mass is 10.0. The van der Waals surface area contributed by atoms with E-state index < -0.39 is 15.7 Å². The highest BCUT2D eigenvalue weighted by Crippen LogP contribution is 2.16. The van der Waals surface area contributed by atoms with Crippen LogP contribution in [-0.2, 0) is 14.9 Å². The molecule has 0 aromatic rings. The summed E-state index contributed by atoms with van der Waals surface area (Å²) in [6, 6.07) is 0. The van der Waals surface area contributed by atoms with Gasteiger partial charge in [-0.05, 0) is 13.3 Å². The first-order valence-corrected chi connectivity index (χ1v) is 7.92. The van der Waals surface area contributed by atoms with Gasteiger partial charge in [0.1, 0.15) is 0 Å². The molecule has 1 rings (SSSR count). The fourth-order valence-corrected chi connectivity index (χ4v) is 3.68. The molecule has 1 atom stereocenters. The predicted molar refractivity (Wildman–Crippen MR) is 66.9 cm³/mol. The molecule has 0 amide bonds. The van der Waals surface area contributed by atoms with E-state index in [0.717, 1.165) is 6.42 Å². The summed E-state index contributed by atoms with van der Waals surface area (Å²) in [7, 11) is -3.39. The van der Waals surface area contributed by atoms with Crippen molar-refractivity contribution in [2.24, 2.45) is 0 Å². The summed E-state index contributed by atoms with van der Waals surface area (Å²) in [6.07, 6.45) is 0.738. The highest BCUT2D eigenvalue weighted by atomic mass is 79.9. The summed E-state index contributed by atoms with van der Waals surface area (Å²) in [5, 5.41) is 0.597. The van der Waals surface area contributed by atoms with Gasteiger partial charge in [-0.3, -0.25) is 0 Å². The second-order valence-corrected chi connectivity index (χ2v) is 6.40. The maximum atomic E-state index is 12.1. The van der Waals surface area contributed by atoms with Crippen molar-refractivity contribution in [2.75, 3.05) is 31.6 Å². The zero-order valence-corrected chi connectivity index (χ0v) is 12.1. The minimum atomic E-state index is -3.39. The van der Waals surface area contributed by atoms with Crippen LogP contribution in [0, 0.1) is 0 Å². The number of alkyl halides is 1. The van der Waals surface area contributed by atoms with E-state index in [1.54, 1.807) is 0 Å². The van der Waals surface area contributed by atoms with Gasteiger partial charge in [-0.25, -0.2) is 0 Å². The normalized spacial score (nSPS) is 22.9. The van der Waals surface area contributed by atoms with Gasteiger partial charge in [0.05, 0.1) is 13.2 Å². The lowest BCUT2D eigenvalue weighted by molar-refractivity contribution is 0.0720. The lowest BCUT2D eigenvalue weighted by Crippen LogP contribution is -2.54. The van der Waals surface area contributed by atoms with Crippen LogP contribution in [-0.4, -0.2) is 49.9 Å². The van der Waals surface area contributed by atoms with Crippen LogP contribution >= 0.6 is 15.9 Å². The molecule has 1 saturated heterocycles. The molecule has 1 unspecified atom stereocenters. The van der Waals surface area contributed by atoms with E-state index in [-0.39, 0.29) is 0 Å². The summed E-state index contributed by atoms with van der Waals surface area (Å²) in [6.45, 7) is 5.65. The molecule has 1 heterocycles. The molecule has 0 radical (unpaired) electrons. The van der Waals surface area contributed by atoms with Crippen LogP contribution in [0.25, 0.3) is 0 Å². The third-order valence-corrected chi connectivity index (χ3v) is 5.79. The summed E-state index contributed by atoms with van der Waals surface area (Å²) in [4.78, 5) is 0. The van der Waals surface area contributed by atoms with Gasteiger partial charge in [-0.1, -0.05) is 22.9 Å². The molecule has 0 saturated carbocycles. The molecule has 0 bridgehead atoms. The predicted octanol–water partition coefficient (Wildman–Crippen LogP) is 0.717. The molecule has 0 spiro atoms. The Morgan fingerprint density at radius 2 is 2.00 bits per heavy atom. The number of rotatable bonds is 5. The van der Waals surface area contributed by atoms with Gasteiger partial charge in [-0.15, -0.1) is 0 Å². The fraction of sp³-hybridized carbons (Fsp3) is 1.00. The Hall–Kier alpha value is 0.310. The summed E-state index contributed by atoms with van der Waals surface area (Å²) >= 11 is 3.34. The SMILES string of the molecule is CCC(C)(CBr)NS(=O)(=O)N1CCOCC1. The quantitative estimate of drug-likeness (QED) is 0.761. The van der Waals surface area contributed by atoms with E-state index in [2.05, 4.69) is 20.7 Å². The first-order chi connectivity index (χ1) is 7.43. The highest BCUT2D eigenvalue weighted by Gasteiger charge is 2.31. The van der Waals surface area contributed by atoms with E-state index in [1.165, 1.54) is 4.31 Å². The Balaban J connectivity index is 2.70. The van der Waals surface area contributed by atoms with Gasteiger partial charge >= 0.3 is 0 Å². The highest BCUT2D eigenvalue weighted by molar-refractivity contribution is 9.09. The Bertz CT molecular complexity index is 311. The largest absolute Gasteiger partial charge is 0.379 e. The van der Waals surface area contributed by atoms with E-state index in [1.807, 2.05) is 13.8 Å². The number of hydrogen-bond acceptors (Lipinski definition) is 3. The van der Waals surface area contributed by atoms with Crippen molar-refractivity contribution in [3.05, 3.63) is 0 Å². The molecule has 0 aromatic heterocycles. The molecule has 0 aliphatic carbocycles.